The summed E-state index contributed by atoms with van der Waals surface area (Å²) in [6.45, 7) is 4.45. The Kier molecular flexibility index (Phi) is 6.11. The first kappa shape index (κ1) is 20.8. The van der Waals surface area contributed by atoms with Gasteiger partial charge in [-0.2, -0.15) is 5.10 Å². The fourth-order valence-electron chi connectivity index (χ4n) is 3.91. The predicted molar refractivity (Wildman–Crippen MR) is 115 cm³/mol. The van der Waals surface area contributed by atoms with Crippen LogP contribution in [0, 0.1) is 5.82 Å². The maximum Gasteiger partial charge on any atom is 0.257 e. The number of carbonyl (C=O) groups is 2. The third-order valence-corrected chi connectivity index (χ3v) is 5.63. The van der Waals surface area contributed by atoms with Gasteiger partial charge in [-0.15, -0.1) is 0 Å². The molecule has 1 fully saturated rings. The minimum Gasteiger partial charge on any atom is -0.335 e. The molecule has 0 spiro atoms. The average Bonchev–Trinajstić information content (AvgIpc) is 3.22. The standard InChI is InChI=1S/C24H25FN4O2/c1-2-22-21(16-26-29(22)17-18-6-4-3-5-7-18)24(31)28-14-12-27(13-15-28)23(30)19-8-10-20(25)11-9-19/h3-11,16H,2,12-15,17H2,1H3. The molecule has 0 saturated carbocycles. The van der Waals surface area contributed by atoms with Crippen molar-refractivity contribution in [1.82, 2.24) is 19.6 Å². The van der Waals surface area contributed by atoms with Crippen LogP contribution in [-0.4, -0.2) is 57.6 Å². The number of halogens is 1. The molecule has 7 heteroatoms. The zero-order valence-electron chi connectivity index (χ0n) is 17.5. The van der Waals surface area contributed by atoms with Crippen LogP contribution in [0.15, 0.2) is 60.8 Å². The number of carbonyl (C=O) groups excluding carboxylic acids is 2. The Morgan fingerprint density at radius 2 is 1.52 bits per heavy atom. The minimum atomic E-state index is -0.369. The Morgan fingerprint density at radius 1 is 0.903 bits per heavy atom. The van der Waals surface area contributed by atoms with E-state index in [1.807, 2.05) is 41.9 Å². The molecule has 31 heavy (non-hydrogen) atoms. The molecule has 2 amide bonds. The maximum atomic E-state index is 13.2. The lowest BCUT2D eigenvalue weighted by Crippen LogP contribution is -2.50. The molecule has 0 radical (unpaired) electrons. The van der Waals surface area contributed by atoms with Crippen molar-refractivity contribution in [3.05, 3.63) is 89.0 Å². The number of rotatable bonds is 5. The predicted octanol–water partition coefficient (Wildman–Crippen LogP) is 3.23. The number of hydrogen-bond donors (Lipinski definition) is 0. The number of amides is 2. The van der Waals surface area contributed by atoms with E-state index in [0.717, 1.165) is 11.3 Å². The number of nitrogens with zero attached hydrogens (tertiary/aromatic N) is 4. The molecule has 4 rings (SSSR count). The van der Waals surface area contributed by atoms with Gasteiger partial charge < -0.3 is 9.80 Å². The molecule has 0 atom stereocenters. The van der Waals surface area contributed by atoms with Gasteiger partial charge in [0.2, 0.25) is 0 Å². The molecule has 1 aromatic heterocycles. The van der Waals surface area contributed by atoms with Gasteiger partial charge in [0.15, 0.2) is 0 Å². The normalized spacial score (nSPS) is 14.0. The van der Waals surface area contributed by atoms with Crippen LogP contribution in [0.25, 0.3) is 0 Å². The summed E-state index contributed by atoms with van der Waals surface area (Å²) in [5.41, 5.74) is 3.12. The first-order valence-electron chi connectivity index (χ1n) is 10.5. The molecule has 1 saturated heterocycles. The van der Waals surface area contributed by atoms with E-state index in [4.69, 9.17) is 0 Å². The van der Waals surface area contributed by atoms with Crippen LogP contribution in [0.4, 0.5) is 4.39 Å². The van der Waals surface area contributed by atoms with Crippen molar-refractivity contribution < 1.29 is 14.0 Å². The summed E-state index contributed by atoms with van der Waals surface area (Å²) < 4.78 is 15.0. The summed E-state index contributed by atoms with van der Waals surface area (Å²) in [6.07, 6.45) is 2.36. The third kappa shape index (κ3) is 4.50. The van der Waals surface area contributed by atoms with E-state index in [2.05, 4.69) is 5.10 Å². The van der Waals surface area contributed by atoms with Crippen molar-refractivity contribution in [2.24, 2.45) is 0 Å². The van der Waals surface area contributed by atoms with E-state index in [9.17, 15) is 14.0 Å². The van der Waals surface area contributed by atoms with Crippen molar-refractivity contribution in [3.8, 4) is 0 Å². The largest absolute Gasteiger partial charge is 0.335 e. The molecule has 0 unspecified atom stereocenters. The van der Waals surface area contributed by atoms with Gasteiger partial charge in [0.1, 0.15) is 5.82 Å². The quantitative estimate of drug-likeness (QED) is 0.637. The average molecular weight is 420 g/mol. The molecule has 0 N–H and O–H groups in total. The van der Waals surface area contributed by atoms with Crippen molar-refractivity contribution in [1.29, 1.82) is 0 Å². The smallest absolute Gasteiger partial charge is 0.257 e. The highest BCUT2D eigenvalue weighted by atomic mass is 19.1. The second-order valence-electron chi connectivity index (χ2n) is 7.59. The van der Waals surface area contributed by atoms with Crippen LogP contribution in [0.1, 0.15) is 38.9 Å². The summed E-state index contributed by atoms with van der Waals surface area (Å²) in [7, 11) is 0. The van der Waals surface area contributed by atoms with Gasteiger partial charge in [-0.05, 0) is 36.2 Å². The Balaban J connectivity index is 1.41. The van der Waals surface area contributed by atoms with E-state index in [0.29, 0.717) is 50.3 Å². The lowest BCUT2D eigenvalue weighted by Gasteiger charge is -2.34. The van der Waals surface area contributed by atoms with E-state index >= 15 is 0 Å². The van der Waals surface area contributed by atoms with Crippen LogP contribution in [0.3, 0.4) is 0 Å². The summed E-state index contributed by atoms with van der Waals surface area (Å²) in [6, 6.07) is 15.6. The fraction of sp³-hybridized carbons (Fsp3) is 0.292. The molecule has 2 heterocycles. The second kappa shape index (κ2) is 9.12. The Morgan fingerprint density at radius 3 is 2.13 bits per heavy atom. The van der Waals surface area contributed by atoms with Crippen LogP contribution >= 0.6 is 0 Å². The number of hydrogen-bond acceptors (Lipinski definition) is 3. The van der Waals surface area contributed by atoms with Crippen molar-refractivity contribution in [2.45, 2.75) is 19.9 Å². The van der Waals surface area contributed by atoms with Gasteiger partial charge in [-0.3, -0.25) is 14.3 Å². The molecule has 0 bridgehead atoms. The molecule has 160 valence electrons. The van der Waals surface area contributed by atoms with E-state index in [-0.39, 0.29) is 17.6 Å². The molecular weight excluding hydrogens is 395 g/mol. The Labute approximate surface area is 180 Å². The molecule has 0 aliphatic carbocycles. The third-order valence-electron chi connectivity index (χ3n) is 5.63. The zero-order chi connectivity index (χ0) is 21.8. The molecule has 3 aromatic rings. The summed E-state index contributed by atoms with van der Waals surface area (Å²) >= 11 is 0. The lowest BCUT2D eigenvalue weighted by atomic mass is 10.1. The van der Waals surface area contributed by atoms with E-state index in [1.54, 1.807) is 16.0 Å². The van der Waals surface area contributed by atoms with Crippen LogP contribution in [0.2, 0.25) is 0 Å². The molecule has 1 aliphatic rings. The van der Waals surface area contributed by atoms with Crippen LogP contribution in [0.5, 0.6) is 0 Å². The first-order valence-corrected chi connectivity index (χ1v) is 10.5. The Bertz CT molecular complexity index is 1050. The van der Waals surface area contributed by atoms with Crippen molar-refractivity contribution in [2.75, 3.05) is 26.2 Å². The van der Waals surface area contributed by atoms with Crippen molar-refractivity contribution in [3.63, 3.8) is 0 Å². The molecular formula is C24H25FN4O2. The van der Waals surface area contributed by atoms with Gasteiger partial charge >= 0.3 is 0 Å². The highest BCUT2D eigenvalue weighted by Gasteiger charge is 2.27. The monoisotopic (exact) mass is 420 g/mol. The van der Waals surface area contributed by atoms with Gasteiger partial charge in [-0.25, -0.2) is 4.39 Å². The fourth-order valence-corrected chi connectivity index (χ4v) is 3.91. The number of piperazine rings is 1. The highest BCUT2D eigenvalue weighted by Crippen LogP contribution is 2.17. The first-order chi connectivity index (χ1) is 15.1. The van der Waals surface area contributed by atoms with Gasteiger partial charge in [0, 0.05) is 31.7 Å². The van der Waals surface area contributed by atoms with Gasteiger partial charge in [0.25, 0.3) is 11.8 Å². The number of aromatic nitrogens is 2. The van der Waals surface area contributed by atoms with Gasteiger partial charge in [-0.1, -0.05) is 37.3 Å². The number of benzene rings is 2. The Hall–Kier alpha value is -3.48. The highest BCUT2D eigenvalue weighted by molar-refractivity contribution is 5.96. The summed E-state index contributed by atoms with van der Waals surface area (Å²) in [5.74, 6) is -0.562. The van der Waals surface area contributed by atoms with E-state index < -0.39 is 0 Å². The van der Waals surface area contributed by atoms with Crippen LogP contribution in [-0.2, 0) is 13.0 Å². The van der Waals surface area contributed by atoms with E-state index in [1.165, 1.54) is 24.3 Å². The summed E-state index contributed by atoms with van der Waals surface area (Å²) in [4.78, 5) is 29.3. The van der Waals surface area contributed by atoms with Crippen molar-refractivity contribution >= 4 is 11.8 Å². The second-order valence-corrected chi connectivity index (χ2v) is 7.59. The molecule has 6 nitrogen and oxygen atoms in total. The topological polar surface area (TPSA) is 58.4 Å². The maximum absolute atomic E-state index is 13.2. The zero-order valence-corrected chi connectivity index (χ0v) is 17.5. The summed E-state index contributed by atoms with van der Waals surface area (Å²) in [5, 5.41) is 4.46. The lowest BCUT2D eigenvalue weighted by molar-refractivity contribution is 0.0534. The SMILES string of the molecule is CCc1c(C(=O)N2CCN(C(=O)c3ccc(F)cc3)CC2)cnn1Cc1ccccc1. The molecule has 2 aromatic carbocycles. The van der Waals surface area contributed by atoms with Crippen LogP contribution < -0.4 is 0 Å². The minimum absolute atomic E-state index is 0.0509. The van der Waals surface area contributed by atoms with Gasteiger partial charge in [0.05, 0.1) is 24.0 Å². The molecule has 1 aliphatic heterocycles.